The van der Waals surface area contributed by atoms with Gasteiger partial charge >= 0.3 is 70.4 Å². The molecule has 0 radical (unpaired) electrons. The lowest BCUT2D eigenvalue weighted by molar-refractivity contribution is -0.0157. The maximum absolute atomic E-state index is 6.82. The van der Waals surface area contributed by atoms with Crippen LogP contribution in [0.15, 0.2) is 24.3 Å². The fourth-order valence-corrected chi connectivity index (χ4v) is 50.5. The van der Waals surface area contributed by atoms with E-state index in [-0.39, 0.29) is 0 Å². The molecular formula is C14H27ClO12Si8. The summed E-state index contributed by atoms with van der Waals surface area (Å²) in [5, 5.41) is 0.658. The van der Waals surface area contributed by atoms with Crippen molar-refractivity contribution in [2.24, 2.45) is 0 Å². The van der Waals surface area contributed by atoms with Crippen molar-refractivity contribution in [3.05, 3.63) is 29.8 Å². The SMILES string of the molecule is C[Si]12O[Si]3(C)O[Si]4(C)O[Si](C)(O1)O[Si]1(C)O[Si](C)(O2)O[Si](C)(O3)O[Si](c2ccc(CCl)cc2)(O4)O1. The molecule has 0 aliphatic carbocycles. The van der Waals surface area contributed by atoms with Gasteiger partial charge in [0.15, 0.2) is 0 Å². The molecule has 0 amide bonds. The highest BCUT2D eigenvalue weighted by Crippen LogP contribution is 2.47. The van der Waals surface area contributed by atoms with Crippen LogP contribution in [0.1, 0.15) is 5.56 Å². The van der Waals surface area contributed by atoms with Crippen LogP contribution < -0.4 is 5.19 Å². The molecule has 8 bridgehead atoms. The van der Waals surface area contributed by atoms with Gasteiger partial charge in [-0.2, -0.15) is 0 Å². The number of alkyl halides is 1. The molecule has 194 valence electrons. The third-order valence-electron chi connectivity index (χ3n) is 5.76. The van der Waals surface area contributed by atoms with Crippen molar-refractivity contribution in [3.63, 3.8) is 0 Å². The van der Waals surface area contributed by atoms with Crippen molar-refractivity contribution < 1.29 is 49.4 Å². The van der Waals surface area contributed by atoms with E-state index < -0.39 is 70.4 Å². The molecule has 21 heteroatoms. The summed E-state index contributed by atoms with van der Waals surface area (Å²) in [7, 11) is -28.8. The fraction of sp³-hybridized carbons (Fsp3) is 0.571. The maximum atomic E-state index is 6.82. The first-order chi connectivity index (χ1) is 16.0. The average Bonchev–Trinajstić information content (AvgIpc) is 2.59. The van der Waals surface area contributed by atoms with Gasteiger partial charge in [-0.05, 0) is 5.56 Å². The first-order valence-corrected chi connectivity index (χ1v) is 28.9. The predicted octanol–water partition coefficient (Wildman–Crippen LogP) is 1.82. The third-order valence-corrected chi connectivity index (χ3v) is 41.5. The van der Waals surface area contributed by atoms with Crippen molar-refractivity contribution in [3.8, 4) is 0 Å². The van der Waals surface area contributed by atoms with E-state index in [1.165, 1.54) is 0 Å². The van der Waals surface area contributed by atoms with Gasteiger partial charge in [0.05, 0.1) is 0 Å². The van der Waals surface area contributed by atoms with Gasteiger partial charge in [0.25, 0.3) is 0 Å². The molecule has 1 aromatic rings. The smallest absolute Gasteiger partial charge is 0.374 e. The minimum absolute atomic E-state index is 0.361. The third kappa shape index (κ3) is 4.53. The van der Waals surface area contributed by atoms with Crippen LogP contribution in [0.3, 0.4) is 0 Å². The van der Waals surface area contributed by atoms with E-state index in [1.807, 2.05) is 24.3 Å². The lowest BCUT2D eigenvalue weighted by atomic mass is 10.2. The number of halogens is 1. The highest BCUT2D eigenvalue weighted by molar-refractivity contribution is 7.04. The molecule has 0 aromatic heterocycles. The molecule has 6 saturated heterocycles. The van der Waals surface area contributed by atoms with Gasteiger partial charge in [0, 0.05) is 56.9 Å². The Balaban J connectivity index is 1.62. The second-order valence-corrected chi connectivity index (χ2v) is 33.5. The summed E-state index contributed by atoms with van der Waals surface area (Å²) >= 11 is 6.03. The monoisotopic (exact) mass is 646 g/mol. The zero-order valence-electron chi connectivity index (χ0n) is 20.3. The Labute approximate surface area is 217 Å². The van der Waals surface area contributed by atoms with Gasteiger partial charge in [-0.3, -0.25) is 0 Å². The van der Waals surface area contributed by atoms with E-state index in [9.17, 15) is 0 Å². The van der Waals surface area contributed by atoms with Crippen LogP contribution in [-0.4, -0.2) is 70.4 Å². The number of hydrogen-bond acceptors (Lipinski definition) is 12. The van der Waals surface area contributed by atoms with E-state index in [0.29, 0.717) is 11.1 Å². The van der Waals surface area contributed by atoms with Crippen LogP contribution in [0.2, 0.25) is 45.8 Å². The Morgan fingerprint density at radius 3 is 0.971 bits per heavy atom. The molecular weight excluding hydrogens is 620 g/mol. The van der Waals surface area contributed by atoms with Crippen molar-refractivity contribution >= 4 is 87.2 Å². The molecule has 0 spiro atoms. The summed E-state index contributed by atoms with van der Waals surface area (Å²) < 4.78 is 79.6. The van der Waals surface area contributed by atoms with E-state index in [0.717, 1.165) is 5.56 Å². The minimum Gasteiger partial charge on any atom is -0.374 e. The van der Waals surface area contributed by atoms with Crippen molar-refractivity contribution in [2.45, 2.75) is 51.7 Å². The van der Waals surface area contributed by atoms with Gasteiger partial charge in [-0.25, -0.2) is 0 Å². The lowest BCUT2D eigenvalue weighted by Crippen LogP contribution is -2.87. The molecule has 0 saturated carbocycles. The molecule has 6 aliphatic heterocycles. The first-order valence-electron chi connectivity index (χ1n) is 11.1. The molecule has 0 unspecified atom stereocenters. The van der Waals surface area contributed by atoms with Gasteiger partial charge in [-0.15, -0.1) is 11.6 Å². The molecule has 7 rings (SSSR count). The van der Waals surface area contributed by atoms with Gasteiger partial charge in [-0.1, -0.05) is 24.3 Å². The molecule has 6 aliphatic rings. The quantitative estimate of drug-likeness (QED) is 0.345. The van der Waals surface area contributed by atoms with E-state index in [4.69, 9.17) is 61.0 Å². The Morgan fingerprint density at radius 1 is 0.457 bits per heavy atom. The molecule has 6 fully saturated rings. The average molecular weight is 647 g/mol. The van der Waals surface area contributed by atoms with E-state index in [2.05, 4.69) is 0 Å². The largest absolute Gasteiger partial charge is 0.515 e. The highest BCUT2D eigenvalue weighted by Gasteiger charge is 2.79. The van der Waals surface area contributed by atoms with Gasteiger partial charge in [0.1, 0.15) is 0 Å². The summed E-state index contributed by atoms with van der Waals surface area (Å²) in [5.74, 6) is 0.361. The molecule has 0 N–H and O–H groups in total. The minimum atomic E-state index is -3.90. The Hall–Kier alpha value is 0.765. The fourth-order valence-electron chi connectivity index (χ4n) is 5.24. The predicted molar refractivity (Wildman–Crippen MR) is 136 cm³/mol. The molecule has 12 nitrogen and oxygen atoms in total. The van der Waals surface area contributed by atoms with Gasteiger partial charge < -0.3 is 49.4 Å². The topological polar surface area (TPSA) is 111 Å². The summed E-state index contributed by atoms with van der Waals surface area (Å²) in [4.78, 5) is 0. The summed E-state index contributed by atoms with van der Waals surface area (Å²) in [6.45, 7) is 12.2. The van der Waals surface area contributed by atoms with Crippen molar-refractivity contribution in [2.75, 3.05) is 0 Å². The molecule has 1 aromatic carbocycles. The number of rotatable bonds is 2. The Kier molecular flexibility index (Phi) is 5.72. The van der Waals surface area contributed by atoms with Crippen molar-refractivity contribution in [1.29, 1.82) is 0 Å². The second kappa shape index (κ2) is 7.70. The summed E-state index contributed by atoms with van der Waals surface area (Å²) in [5.41, 5.74) is 0.931. The van der Waals surface area contributed by atoms with E-state index in [1.54, 1.807) is 45.8 Å². The first kappa shape index (κ1) is 26.0. The van der Waals surface area contributed by atoms with E-state index >= 15 is 0 Å². The van der Waals surface area contributed by atoms with Crippen LogP contribution >= 0.6 is 11.6 Å². The van der Waals surface area contributed by atoms with Crippen LogP contribution in [0.5, 0.6) is 0 Å². The standard InChI is InChI=1S/C14H27ClO12Si8/c1-28-16-29(2)19-32(5)21-30(3,17-28)23-34(7)24-31(4,18-28)22-33(6,20-29)26-35(25-32,27-34)14-10-8-13(12-15)9-11-14/h8-11H,12H2,1-7H3. The summed E-state index contributed by atoms with van der Waals surface area (Å²) in [6.07, 6.45) is 0. The van der Waals surface area contributed by atoms with Crippen molar-refractivity contribution in [1.82, 2.24) is 0 Å². The second-order valence-electron chi connectivity index (χ2n) is 9.65. The molecule has 0 atom stereocenters. The van der Waals surface area contributed by atoms with Crippen LogP contribution in [0.4, 0.5) is 0 Å². The highest BCUT2D eigenvalue weighted by atomic mass is 35.5. The summed E-state index contributed by atoms with van der Waals surface area (Å²) in [6, 6.07) is 7.51. The van der Waals surface area contributed by atoms with Crippen LogP contribution in [-0.2, 0) is 55.3 Å². The molecule has 35 heavy (non-hydrogen) atoms. The zero-order valence-corrected chi connectivity index (χ0v) is 29.0. The lowest BCUT2D eigenvalue weighted by Gasteiger charge is -2.60. The zero-order chi connectivity index (χ0) is 25.2. The van der Waals surface area contributed by atoms with Crippen LogP contribution in [0, 0.1) is 0 Å². The number of hydrogen-bond donors (Lipinski definition) is 0. The van der Waals surface area contributed by atoms with Gasteiger partial charge in [0.2, 0.25) is 0 Å². The van der Waals surface area contributed by atoms with Crippen LogP contribution in [0.25, 0.3) is 0 Å². The Bertz CT molecular complexity index is 955. The normalized spacial score (nSPS) is 55.1. The Morgan fingerprint density at radius 2 is 0.714 bits per heavy atom. The molecule has 6 heterocycles. The maximum Gasteiger partial charge on any atom is 0.515 e. The number of benzene rings is 1.